The van der Waals surface area contributed by atoms with Crippen LogP contribution < -0.4 is 11.2 Å². The van der Waals surface area contributed by atoms with Gasteiger partial charge in [-0.3, -0.25) is 18.7 Å². The van der Waals surface area contributed by atoms with Crippen LogP contribution in [0.3, 0.4) is 0 Å². The quantitative estimate of drug-likeness (QED) is 0.588. The number of aliphatic carboxylic acids is 1. The van der Waals surface area contributed by atoms with E-state index in [9.17, 15) is 37.9 Å². The molecule has 182 valence electrons. The number of alkyl halides is 3. The van der Waals surface area contributed by atoms with E-state index < -0.39 is 40.4 Å². The van der Waals surface area contributed by atoms with Gasteiger partial charge in [-0.2, -0.15) is 18.4 Å². The number of benzene rings is 2. The van der Waals surface area contributed by atoms with E-state index in [0.29, 0.717) is 25.7 Å². The summed E-state index contributed by atoms with van der Waals surface area (Å²) >= 11 is 0. The van der Waals surface area contributed by atoms with Gasteiger partial charge in [0, 0.05) is 6.54 Å². The normalized spacial score (nSPS) is 18.3. The summed E-state index contributed by atoms with van der Waals surface area (Å²) in [5.41, 5.74) is -2.57. The van der Waals surface area contributed by atoms with Crippen molar-refractivity contribution >= 4 is 16.9 Å². The fraction of sp³-hybridized carbons (Fsp3) is 0.360. The lowest BCUT2D eigenvalue weighted by Gasteiger charge is -2.26. The Morgan fingerprint density at radius 2 is 1.71 bits per heavy atom. The van der Waals surface area contributed by atoms with Crippen LogP contribution in [0, 0.1) is 23.2 Å². The average molecular weight is 485 g/mol. The number of hydrogen-bond acceptors (Lipinski definition) is 4. The second-order valence-corrected chi connectivity index (χ2v) is 8.81. The van der Waals surface area contributed by atoms with Gasteiger partial charge in [0.2, 0.25) is 0 Å². The highest BCUT2D eigenvalue weighted by atomic mass is 19.4. The number of halogens is 3. The first-order valence-corrected chi connectivity index (χ1v) is 11.2. The molecule has 0 amide bonds. The Labute approximate surface area is 197 Å². The van der Waals surface area contributed by atoms with Crippen LogP contribution in [0.1, 0.15) is 42.4 Å². The molecular formula is C25H22F3N3O4. The number of carboxylic acids is 1. The molecule has 0 bridgehead atoms. The van der Waals surface area contributed by atoms with E-state index in [0.717, 1.165) is 10.6 Å². The molecule has 0 aliphatic heterocycles. The van der Waals surface area contributed by atoms with Gasteiger partial charge in [0.15, 0.2) is 0 Å². The Morgan fingerprint density at radius 3 is 2.34 bits per heavy atom. The smallest absolute Gasteiger partial charge is 0.417 e. The standard InChI is InChI=1S/C25H22F3N3O4/c26-25(27,28)20-6-3-4-17(19(20)12-29)14-30-21-7-2-1-5-18(21)22(32)31(24(30)35)13-15-8-10-16(11-9-15)23(33)34/h1-7,15-16H,8-11,13-14H2,(H,33,34)/t15-,16-. The van der Waals surface area contributed by atoms with Gasteiger partial charge in [-0.05, 0) is 55.4 Å². The van der Waals surface area contributed by atoms with Crippen molar-refractivity contribution in [1.82, 2.24) is 9.13 Å². The molecule has 1 saturated carbocycles. The van der Waals surface area contributed by atoms with Gasteiger partial charge in [-0.25, -0.2) is 4.79 Å². The fourth-order valence-electron chi connectivity index (χ4n) is 4.81. The van der Waals surface area contributed by atoms with E-state index in [1.165, 1.54) is 16.7 Å². The number of para-hydroxylation sites is 1. The second-order valence-electron chi connectivity index (χ2n) is 8.81. The van der Waals surface area contributed by atoms with Crippen molar-refractivity contribution in [2.24, 2.45) is 11.8 Å². The molecule has 2 aromatic carbocycles. The highest BCUT2D eigenvalue weighted by Gasteiger charge is 2.34. The summed E-state index contributed by atoms with van der Waals surface area (Å²) in [6.45, 7) is -0.235. The molecule has 7 nitrogen and oxygen atoms in total. The molecule has 1 N–H and O–H groups in total. The maximum absolute atomic E-state index is 13.5. The lowest BCUT2D eigenvalue weighted by Crippen LogP contribution is -2.42. The molecule has 1 aliphatic carbocycles. The third kappa shape index (κ3) is 4.71. The van der Waals surface area contributed by atoms with Gasteiger partial charge >= 0.3 is 17.8 Å². The number of carboxylic acid groups (broad SMARTS) is 1. The first-order chi connectivity index (χ1) is 16.6. The summed E-state index contributed by atoms with van der Waals surface area (Å²) < 4.78 is 42.6. The molecule has 35 heavy (non-hydrogen) atoms. The topological polar surface area (TPSA) is 105 Å². The van der Waals surface area contributed by atoms with Crippen molar-refractivity contribution in [3.05, 3.63) is 80.0 Å². The molecule has 0 saturated heterocycles. The maximum Gasteiger partial charge on any atom is 0.417 e. The fourth-order valence-corrected chi connectivity index (χ4v) is 4.81. The van der Waals surface area contributed by atoms with E-state index in [4.69, 9.17) is 0 Å². The first kappa shape index (κ1) is 24.3. The molecule has 0 spiro atoms. The highest BCUT2D eigenvalue weighted by Crippen LogP contribution is 2.33. The summed E-state index contributed by atoms with van der Waals surface area (Å²) in [6.07, 6.45) is -2.75. The largest absolute Gasteiger partial charge is 0.481 e. The van der Waals surface area contributed by atoms with E-state index >= 15 is 0 Å². The number of nitriles is 1. The Kier molecular flexibility index (Phi) is 6.52. The summed E-state index contributed by atoms with van der Waals surface area (Å²) in [6, 6.07) is 11.3. The molecule has 10 heteroatoms. The van der Waals surface area contributed by atoms with Crippen LogP contribution in [-0.2, 0) is 24.1 Å². The van der Waals surface area contributed by atoms with Crippen molar-refractivity contribution in [3.63, 3.8) is 0 Å². The summed E-state index contributed by atoms with van der Waals surface area (Å²) in [7, 11) is 0. The second kappa shape index (κ2) is 9.41. The van der Waals surface area contributed by atoms with Crippen LogP contribution >= 0.6 is 0 Å². The molecule has 0 unspecified atom stereocenters. The van der Waals surface area contributed by atoms with Crippen molar-refractivity contribution in [1.29, 1.82) is 5.26 Å². The van der Waals surface area contributed by atoms with Crippen molar-refractivity contribution < 1.29 is 23.1 Å². The monoisotopic (exact) mass is 485 g/mol. The molecule has 1 aliphatic rings. The minimum Gasteiger partial charge on any atom is -0.481 e. The minimum atomic E-state index is -4.73. The van der Waals surface area contributed by atoms with Gasteiger partial charge in [0.05, 0.1) is 34.5 Å². The average Bonchev–Trinajstić information content (AvgIpc) is 2.84. The third-order valence-corrected chi connectivity index (χ3v) is 6.67. The Morgan fingerprint density at radius 1 is 1.03 bits per heavy atom. The molecule has 1 aromatic heterocycles. The van der Waals surface area contributed by atoms with Crippen molar-refractivity contribution in [2.75, 3.05) is 0 Å². The van der Waals surface area contributed by atoms with Crippen molar-refractivity contribution in [2.45, 2.75) is 44.9 Å². The number of rotatable bonds is 5. The SMILES string of the molecule is N#Cc1c(Cn2c(=O)n(C[C@H]3CC[C@H](C(=O)O)CC3)c(=O)c3ccccc32)cccc1C(F)(F)F. The Balaban J connectivity index is 1.79. The molecule has 1 fully saturated rings. The van der Waals surface area contributed by atoms with E-state index in [2.05, 4.69) is 0 Å². The Bertz CT molecular complexity index is 1440. The highest BCUT2D eigenvalue weighted by molar-refractivity contribution is 5.78. The number of aromatic nitrogens is 2. The molecule has 1 heterocycles. The van der Waals surface area contributed by atoms with Gasteiger partial charge < -0.3 is 5.11 Å². The zero-order chi connectivity index (χ0) is 25.3. The van der Waals surface area contributed by atoms with E-state index in [-0.39, 0.29) is 35.5 Å². The summed E-state index contributed by atoms with van der Waals surface area (Å²) in [5, 5.41) is 18.9. The van der Waals surface area contributed by atoms with Crippen LogP contribution in [0.25, 0.3) is 10.9 Å². The van der Waals surface area contributed by atoms with E-state index in [1.54, 1.807) is 30.3 Å². The van der Waals surface area contributed by atoms with Gasteiger partial charge in [-0.15, -0.1) is 0 Å². The first-order valence-electron chi connectivity index (χ1n) is 11.2. The molecule has 0 radical (unpaired) electrons. The zero-order valence-electron chi connectivity index (χ0n) is 18.6. The zero-order valence-corrected chi connectivity index (χ0v) is 18.6. The van der Waals surface area contributed by atoms with Crippen LogP contribution in [0.2, 0.25) is 0 Å². The van der Waals surface area contributed by atoms with Crippen LogP contribution in [0.4, 0.5) is 13.2 Å². The molecule has 0 atom stereocenters. The minimum absolute atomic E-state index is 0.0155. The summed E-state index contributed by atoms with van der Waals surface area (Å²) in [4.78, 5) is 37.9. The number of hydrogen-bond donors (Lipinski definition) is 1. The summed E-state index contributed by atoms with van der Waals surface area (Å²) in [5.74, 6) is -1.38. The lowest BCUT2D eigenvalue weighted by molar-refractivity contribution is -0.143. The van der Waals surface area contributed by atoms with Crippen LogP contribution in [-0.4, -0.2) is 20.2 Å². The van der Waals surface area contributed by atoms with Crippen LogP contribution in [0.15, 0.2) is 52.1 Å². The molecule has 3 aromatic rings. The third-order valence-electron chi connectivity index (χ3n) is 6.67. The maximum atomic E-state index is 13.5. The van der Waals surface area contributed by atoms with Gasteiger partial charge in [0.1, 0.15) is 6.07 Å². The lowest BCUT2D eigenvalue weighted by atomic mass is 9.82. The van der Waals surface area contributed by atoms with Crippen molar-refractivity contribution in [3.8, 4) is 6.07 Å². The molecular weight excluding hydrogens is 463 g/mol. The van der Waals surface area contributed by atoms with Gasteiger partial charge in [-0.1, -0.05) is 24.3 Å². The van der Waals surface area contributed by atoms with Crippen LogP contribution in [0.5, 0.6) is 0 Å². The predicted octanol–water partition coefficient (Wildman–Crippen LogP) is 3.99. The number of nitrogens with zero attached hydrogens (tertiary/aromatic N) is 3. The van der Waals surface area contributed by atoms with E-state index in [1.807, 2.05) is 0 Å². The predicted molar refractivity (Wildman–Crippen MR) is 121 cm³/mol. The number of carbonyl (C=O) groups is 1. The Hall–Kier alpha value is -3.87. The van der Waals surface area contributed by atoms with Gasteiger partial charge in [0.25, 0.3) is 5.56 Å². The number of fused-ring (bicyclic) bond motifs is 1. The molecule has 4 rings (SSSR count).